The lowest BCUT2D eigenvalue weighted by Crippen LogP contribution is -2.42. The van der Waals surface area contributed by atoms with E-state index in [0.717, 1.165) is 32.1 Å². The first-order chi connectivity index (χ1) is 8.76. The zero-order chi connectivity index (χ0) is 13.0. The zero-order valence-electron chi connectivity index (χ0n) is 10.9. The van der Waals surface area contributed by atoms with Crippen molar-refractivity contribution in [3.63, 3.8) is 0 Å². The summed E-state index contributed by atoms with van der Waals surface area (Å²) in [6, 6.07) is 2.24. The van der Waals surface area contributed by atoms with E-state index in [9.17, 15) is 4.79 Å². The van der Waals surface area contributed by atoms with E-state index >= 15 is 0 Å². The summed E-state index contributed by atoms with van der Waals surface area (Å²) in [4.78, 5) is 13.7. The molecule has 0 fully saturated rings. The monoisotopic (exact) mass is 266 g/mol. The molecule has 1 aliphatic carbocycles. The van der Waals surface area contributed by atoms with Crippen LogP contribution in [0.15, 0.2) is 11.4 Å². The van der Waals surface area contributed by atoms with Crippen LogP contribution in [0.5, 0.6) is 0 Å². The topological polar surface area (TPSA) is 55.1 Å². The van der Waals surface area contributed by atoms with Gasteiger partial charge in [-0.15, -0.1) is 11.3 Å². The largest absolute Gasteiger partial charge is 0.352 e. The summed E-state index contributed by atoms with van der Waals surface area (Å²) in [7, 11) is 0. The Morgan fingerprint density at radius 3 is 3.22 bits per heavy atom. The molecule has 0 aliphatic heterocycles. The lowest BCUT2D eigenvalue weighted by molar-refractivity contribution is -0.123. The summed E-state index contributed by atoms with van der Waals surface area (Å²) in [5.74, 6) is 0.212. The highest BCUT2D eigenvalue weighted by Crippen LogP contribution is 2.35. The molecule has 0 saturated carbocycles. The molecule has 1 heterocycles. The molecule has 2 rings (SSSR count). The third-order valence-electron chi connectivity index (χ3n) is 3.64. The molecular formula is C14H22N2OS. The van der Waals surface area contributed by atoms with Crippen LogP contribution in [0.4, 0.5) is 0 Å². The molecule has 1 aromatic rings. The van der Waals surface area contributed by atoms with Crippen LogP contribution in [0.2, 0.25) is 0 Å². The van der Waals surface area contributed by atoms with Gasteiger partial charge in [-0.05, 0) is 42.7 Å². The molecule has 0 radical (unpaired) electrons. The van der Waals surface area contributed by atoms with Gasteiger partial charge in [0.25, 0.3) is 0 Å². The fraction of sp³-hybridized carbons (Fsp3) is 0.643. The second-order valence-corrected chi connectivity index (χ2v) is 5.97. The molecule has 0 aromatic carbocycles. The number of nitrogens with one attached hydrogen (secondary N) is 1. The van der Waals surface area contributed by atoms with E-state index in [1.165, 1.54) is 10.4 Å². The molecule has 2 atom stereocenters. The van der Waals surface area contributed by atoms with Gasteiger partial charge < -0.3 is 11.1 Å². The molecular weight excluding hydrogens is 244 g/mol. The number of carbonyl (C=O) groups is 1. The Morgan fingerprint density at radius 2 is 2.50 bits per heavy atom. The molecule has 1 aromatic heterocycles. The van der Waals surface area contributed by atoms with Crippen molar-refractivity contribution in [3.8, 4) is 0 Å². The van der Waals surface area contributed by atoms with E-state index in [0.29, 0.717) is 6.54 Å². The van der Waals surface area contributed by atoms with Crippen molar-refractivity contribution in [2.75, 3.05) is 6.54 Å². The summed E-state index contributed by atoms with van der Waals surface area (Å²) in [5.41, 5.74) is 6.94. The maximum atomic E-state index is 12.3. The highest BCUT2D eigenvalue weighted by Gasteiger charge is 2.28. The average Bonchev–Trinajstić information content (AvgIpc) is 2.85. The van der Waals surface area contributed by atoms with Gasteiger partial charge >= 0.3 is 0 Å². The number of hydrogen-bond acceptors (Lipinski definition) is 3. The van der Waals surface area contributed by atoms with Crippen molar-refractivity contribution in [3.05, 3.63) is 21.9 Å². The highest BCUT2D eigenvalue weighted by molar-refractivity contribution is 7.10. The molecule has 2 unspecified atom stereocenters. The summed E-state index contributed by atoms with van der Waals surface area (Å²) in [6.45, 7) is 2.65. The summed E-state index contributed by atoms with van der Waals surface area (Å²) in [6.07, 6.45) is 5.24. The minimum absolute atomic E-state index is 0.0471. The van der Waals surface area contributed by atoms with Crippen molar-refractivity contribution < 1.29 is 4.79 Å². The van der Waals surface area contributed by atoms with Gasteiger partial charge in [0.05, 0.1) is 5.92 Å². The van der Waals surface area contributed by atoms with E-state index < -0.39 is 0 Å². The van der Waals surface area contributed by atoms with Crippen LogP contribution in [0.3, 0.4) is 0 Å². The van der Waals surface area contributed by atoms with Gasteiger partial charge in [0.2, 0.25) is 5.91 Å². The third-order valence-corrected chi connectivity index (χ3v) is 4.63. The van der Waals surface area contributed by atoms with Gasteiger partial charge in [0.1, 0.15) is 0 Å². The molecule has 3 N–H and O–H groups in total. The van der Waals surface area contributed by atoms with Crippen LogP contribution >= 0.6 is 11.3 Å². The van der Waals surface area contributed by atoms with Gasteiger partial charge in [-0.1, -0.05) is 13.3 Å². The highest BCUT2D eigenvalue weighted by atomic mass is 32.1. The van der Waals surface area contributed by atoms with Crippen molar-refractivity contribution in [2.45, 2.75) is 51.0 Å². The number of carbonyl (C=O) groups excluding carboxylic acids is 1. The van der Waals surface area contributed by atoms with E-state index in [1.807, 2.05) is 0 Å². The maximum Gasteiger partial charge on any atom is 0.227 e. The van der Waals surface area contributed by atoms with Crippen molar-refractivity contribution >= 4 is 17.2 Å². The van der Waals surface area contributed by atoms with Crippen molar-refractivity contribution in [1.82, 2.24) is 5.32 Å². The minimum atomic E-state index is 0.0471. The van der Waals surface area contributed by atoms with Crippen LogP contribution in [-0.4, -0.2) is 18.5 Å². The molecule has 4 heteroatoms. The van der Waals surface area contributed by atoms with Crippen LogP contribution in [-0.2, 0) is 11.2 Å². The van der Waals surface area contributed by atoms with E-state index in [-0.39, 0.29) is 17.9 Å². The Kier molecular flexibility index (Phi) is 4.78. The van der Waals surface area contributed by atoms with Gasteiger partial charge in [-0.3, -0.25) is 4.79 Å². The lowest BCUT2D eigenvalue weighted by atomic mass is 9.87. The Morgan fingerprint density at radius 1 is 1.67 bits per heavy atom. The summed E-state index contributed by atoms with van der Waals surface area (Å²) in [5, 5.41) is 5.21. The normalized spacial score (nSPS) is 20.2. The molecule has 1 aliphatic rings. The maximum absolute atomic E-state index is 12.3. The number of rotatable bonds is 5. The van der Waals surface area contributed by atoms with E-state index in [2.05, 4.69) is 23.7 Å². The Balaban J connectivity index is 2.02. The number of thiophene rings is 1. The first kappa shape index (κ1) is 13.6. The number of fused-ring (bicyclic) bond motifs is 1. The van der Waals surface area contributed by atoms with Gasteiger partial charge in [0, 0.05) is 17.5 Å². The third kappa shape index (κ3) is 2.93. The standard InChI is InChI=1S/C14H22N2OS/c1-2-4-10(9-15)16-14(17)12-5-3-6-13-11(12)7-8-18-13/h7-8,10,12H,2-6,9,15H2,1H3,(H,16,17). The predicted molar refractivity (Wildman–Crippen MR) is 75.9 cm³/mol. The second-order valence-electron chi connectivity index (χ2n) is 4.97. The molecule has 18 heavy (non-hydrogen) atoms. The smallest absolute Gasteiger partial charge is 0.227 e. The fourth-order valence-electron chi connectivity index (χ4n) is 2.66. The van der Waals surface area contributed by atoms with Crippen LogP contribution in [0, 0.1) is 0 Å². The number of hydrogen-bond donors (Lipinski definition) is 2. The van der Waals surface area contributed by atoms with Gasteiger partial charge in [0.15, 0.2) is 0 Å². The van der Waals surface area contributed by atoms with E-state index in [4.69, 9.17) is 5.73 Å². The minimum Gasteiger partial charge on any atom is -0.352 e. The molecule has 0 saturated heterocycles. The molecule has 100 valence electrons. The molecule has 3 nitrogen and oxygen atoms in total. The van der Waals surface area contributed by atoms with Gasteiger partial charge in [-0.2, -0.15) is 0 Å². The lowest BCUT2D eigenvalue weighted by Gasteiger charge is -2.24. The van der Waals surface area contributed by atoms with Crippen LogP contribution in [0.1, 0.15) is 49.0 Å². The van der Waals surface area contributed by atoms with Gasteiger partial charge in [-0.25, -0.2) is 0 Å². The Bertz CT molecular complexity index is 402. The molecule has 0 spiro atoms. The molecule has 1 amide bonds. The number of aryl methyl sites for hydroxylation is 1. The first-order valence-corrected chi connectivity index (χ1v) is 7.71. The van der Waals surface area contributed by atoms with Crippen LogP contribution in [0.25, 0.3) is 0 Å². The second kappa shape index (κ2) is 6.34. The zero-order valence-corrected chi connectivity index (χ0v) is 11.8. The quantitative estimate of drug-likeness (QED) is 0.860. The summed E-state index contributed by atoms with van der Waals surface area (Å²) < 4.78 is 0. The number of nitrogens with two attached hydrogens (primary N) is 1. The predicted octanol–water partition coefficient (Wildman–Crippen LogP) is 2.41. The number of amides is 1. The Labute approximate surface area is 113 Å². The average molecular weight is 266 g/mol. The fourth-order valence-corrected chi connectivity index (χ4v) is 3.65. The van der Waals surface area contributed by atoms with Crippen LogP contribution < -0.4 is 11.1 Å². The first-order valence-electron chi connectivity index (χ1n) is 6.83. The summed E-state index contributed by atoms with van der Waals surface area (Å²) >= 11 is 1.78. The van der Waals surface area contributed by atoms with Crippen molar-refractivity contribution in [2.24, 2.45) is 5.73 Å². The van der Waals surface area contributed by atoms with Crippen molar-refractivity contribution in [1.29, 1.82) is 0 Å². The SMILES string of the molecule is CCCC(CN)NC(=O)C1CCCc2sccc21. The molecule has 0 bridgehead atoms. The Hall–Kier alpha value is -0.870. The van der Waals surface area contributed by atoms with E-state index in [1.54, 1.807) is 11.3 Å².